The van der Waals surface area contributed by atoms with Crippen LogP contribution in [-0.2, 0) is 44.0 Å². The lowest BCUT2D eigenvalue weighted by molar-refractivity contribution is -0.142. The zero-order valence-corrected chi connectivity index (χ0v) is 28.9. The van der Waals surface area contributed by atoms with Gasteiger partial charge in [-0.05, 0) is 36.2 Å². The maximum atomic E-state index is 15.5. The van der Waals surface area contributed by atoms with E-state index in [1.807, 2.05) is 0 Å². The van der Waals surface area contributed by atoms with E-state index in [2.05, 4.69) is 27.1 Å². The molecule has 0 bridgehead atoms. The van der Waals surface area contributed by atoms with Crippen LogP contribution in [0.25, 0.3) is 33.4 Å². The Bertz CT molecular complexity index is 2530. The number of carbonyl (C=O) groups excluding carboxylic acids is 1. The number of anilines is 1. The van der Waals surface area contributed by atoms with Gasteiger partial charge in [-0.15, -0.1) is 0 Å². The Morgan fingerprint density at radius 1 is 1.06 bits per heavy atom. The highest BCUT2D eigenvalue weighted by Crippen LogP contribution is 2.71. The van der Waals surface area contributed by atoms with Crippen molar-refractivity contribution in [1.29, 1.82) is 0 Å². The molecule has 6 aromatic rings. The summed E-state index contributed by atoms with van der Waals surface area (Å²) in [5, 5.41) is 11.2. The van der Waals surface area contributed by atoms with Gasteiger partial charge in [-0.3, -0.25) is 14.2 Å². The molecule has 0 unspecified atom stereocenters. The highest BCUT2D eigenvalue weighted by molar-refractivity contribution is 6.37. The van der Waals surface area contributed by atoms with Gasteiger partial charge in [0.1, 0.15) is 29.6 Å². The smallest absolute Gasteiger partial charge is 0.382 e. The Balaban J connectivity index is 1.27. The van der Waals surface area contributed by atoms with Crippen molar-refractivity contribution in [3.8, 4) is 22.5 Å². The summed E-state index contributed by atoms with van der Waals surface area (Å²) in [4.78, 5) is 23.1. The van der Waals surface area contributed by atoms with Gasteiger partial charge in [-0.2, -0.15) is 32.1 Å². The van der Waals surface area contributed by atoms with Gasteiger partial charge < -0.3 is 15.6 Å². The number of allylic oxidation sites excluding steroid dienone is 1. The number of nitrogens with zero attached hydrogens (tertiary/aromatic N) is 7. The van der Waals surface area contributed by atoms with Crippen molar-refractivity contribution >= 4 is 34.2 Å². The van der Waals surface area contributed by atoms with Crippen molar-refractivity contribution in [3.63, 3.8) is 0 Å². The molecule has 3 N–H and O–H groups in total. The molecule has 1 amide bonds. The number of nitrogen functional groups attached to an aromatic ring is 1. The standard InChI is InChI=1S/C36H27ClF7N9O/c1-15-26-28-32(36(42,43)44)49-53(33(28)35(40,41)29(15)26)13-25(54)47-23(10-16-8-17(38)11-18(39)9-16)30-19(5-7-22(48-30)24-12-51(2)14-46-24)20-4-6-21(37)27-31(20)52(3)50-34(27)45/h4-9,11-12,14,23,26,29H,1,10,13H2,2-3H3,(H2,45,50)(H,47,54)/t23-,26+,29+/m0/s1. The molecule has 1 saturated carbocycles. The molecule has 3 atom stereocenters. The van der Waals surface area contributed by atoms with Crippen LogP contribution >= 0.6 is 11.6 Å². The quantitative estimate of drug-likeness (QED) is 0.124. The number of nitrogens with two attached hydrogens (primary N) is 1. The first-order valence-corrected chi connectivity index (χ1v) is 16.7. The van der Waals surface area contributed by atoms with E-state index in [9.17, 15) is 26.7 Å². The van der Waals surface area contributed by atoms with Gasteiger partial charge >= 0.3 is 6.18 Å². The van der Waals surface area contributed by atoms with E-state index >= 15 is 8.78 Å². The summed E-state index contributed by atoms with van der Waals surface area (Å²) >= 11 is 6.51. The molecule has 4 heterocycles. The van der Waals surface area contributed by atoms with Crippen molar-refractivity contribution in [3.05, 3.63) is 112 Å². The number of amides is 1. The third-order valence-corrected chi connectivity index (χ3v) is 10.1. The normalized spacial score (nSPS) is 17.9. The second kappa shape index (κ2) is 12.2. The van der Waals surface area contributed by atoms with Crippen LogP contribution in [0.3, 0.4) is 0 Å². The maximum Gasteiger partial charge on any atom is 0.435 e. The molecule has 2 aliphatic carbocycles. The molecule has 18 heteroatoms. The van der Waals surface area contributed by atoms with Crippen LogP contribution in [0.1, 0.15) is 40.2 Å². The Morgan fingerprint density at radius 2 is 1.76 bits per heavy atom. The lowest BCUT2D eigenvalue weighted by Crippen LogP contribution is -2.35. The van der Waals surface area contributed by atoms with Gasteiger partial charge in [0, 0.05) is 49.0 Å². The number of hydrogen-bond acceptors (Lipinski definition) is 6. The number of imidazole rings is 1. The van der Waals surface area contributed by atoms with Crippen LogP contribution in [0, 0.1) is 17.6 Å². The molecule has 4 aromatic heterocycles. The SMILES string of the molecule is C=C1[C@@H]2c3c(C(F)(F)F)nn(CC(=O)N[C@@H](Cc4cc(F)cc(F)c4)c4nc(-c5cn(C)cn5)ccc4-c4ccc(Cl)c5c(N)nn(C)c45)c3C(F)(F)[C@H]12. The number of fused-ring (bicyclic) bond motifs is 4. The molecule has 0 aliphatic heterocycles. The van der Waals surface area contributed by atoms with Gasteiger partial charge in [0.2, 0.25) is 5.91 Å². The largest absolute Gasteiger partial charge is 0.435 e. The molecule has 2 aromatic carbocycles. The number of nitrogens with one attached hydrogen (secondary N) is 1. The second-order valence-electron chi connectivity index (χ2n) is 13.4. The Hall–Kier alpha value is -5.71. The van der Waals surface area contributed by atoms with Crippen LogP contribution in [0.15, 0.2) is 67.1 Å². The van der Waals surface area contributed by atoms with Crippen molar-refractivity contribution in [2.24, 2.45) is 20.0 Å². The summed E-state index contributed by atoms with van der Waals surface area (Å²) < 4.78 is 106. The third-order valence-electron chi connectivity index (χ3n) is 9.77. The number of benzene rings is 2. The van der Waals surface area contributed by atoms with Gasteiger partial charge in [0.05, 0.1) is 45.6 Å². The minimum Gasteiger partial charge on any atom is -0.382 e. The van der Waals surface area contributed by atoms with Crippen LogP contribution < -0.4 is 11.1 Å². The number of alkyl halides is 5. The third kappa shape index (κ3) is 5.68. The van der Waals surface area contributed by atoms with E-state index in [0.717, 1.165) is 12.1 Å². The molecule has 8 rings (SSSR count). The number of pyridine rings is 1. The summed E-state index contributed by atoms with van der Waals surface area (Å²) in [5.41, 5.74) is 5.22. The maximum absolute atomic E-state index is 15.5. The fourth-order valence-electron chi connectivity index (χ4n) is 7.54. The summed E-state index contributed by atoms with van der Waals surface area (Å²) in [7, 11) is 3.37. The van der Waals surface area contributed by atoms with Crippen LogP contribution in [0.4, 0.5) is 36.6 Å². The van der Waals surface area contributed by atoms with Crippen LogP contribution in [-0.4, -0.2) is 40.0 Å². The first-order chi connectivity index (χ1) is 25.4. The first-order valence-electron chi connectivity index (χ1n) is 16.3. The topological polar surface area (TPSA) is 121 Å². The van der Waals surface area contributed by atoms with Crippen LogP contribution in [0.5, 0.6) is 0 Å². The van der Waals surface area contributed by atoms with Gasteiger partial charge in [-0.1, -0.05) is 35.9 Å². The van der Waals surface area contributed by atoms with Gasteiger partial charge in [0.15, 0.2) is 11.5 Å². The lowest BCUT2D eigenvalue weighted by Gasteiger charge is -2.23. The van der Waals surface area contributed by atoms with Crippen molar-refractivity contribution in [2.45, 2.75) is 37.0 Å². The summed E-state index contributed by atoms with van der Waals surface area (Å²) in [5.74, 6) is -9.26. The second-order valence-corrected chi connectivity index (χ2v) is 13.8. The predicted octanol–water partition coefficient (Wildman–Crippen LogP) is 7.24. The van der Waals surface area contributed by atoms with E-state index in [1.165, 1.54) is 11.0 Å². The number of hydrogen-bond donors (Lipinski definition) is 2. The molecule has 0 spiro atoms. The molecule has 0 radical (unpaired) electrons. The monoisotopic (exact) mass is 769 g/mol. The number of carbonyl (C=O) groups is 1. The number of halogens is 8. The predicted molar refractivity (Wildman–Crippen MR) is 183 cm³/mol. The zero-order chi connectivity index (χ0) is 38.6. The Kier molecular flexibility index (Phi) is 7.95. The lowest BCUT2D eigenvalue weighted by atomic mass is 9.93. The van der Waals surface area contributed by atoms with Crippen molar-refractivity contribution < 1.29 is 35.5 Å². The number of aryl methyl sites for hydroxylation is 2. The Labute approximate surface area is 306 Å². The Morgan fingerprint density at radius 3 is 2.43 bits per heavy atom. The fraction of sp³-hybridized carbons (Fsp3) is 0.250. The molecule has 10 nitrogen and oxygen atoms in total. The molecular formula is C36H27ClF7N9O. The van der Waals surface area contributed by atoms with E-state index < -0.39 is 71.0 Å². The van der Waals surface area contributed by atoms with E-state index in [0.29, 0.717) is 49.2 Å². The van der Waals surface area contributed by atoms with E-state index in [-0.39, 0.29) is 29.1 Å². The van der Waals surface area contributed by atoms with E-state index in [1.54, 1.807) is 49.1 Å². The fourth-order valence-corrected chi connectivity index (χ4v) is 7.79. The van der Waals surface area contributed by atoms with Gasteiger partial charge in [0.25, 0.3) is 5.92 Å². The average molecular weight is 770 g/mol. The van der Waals surface area contributed by atoms with E-state index in [4.69, 9.17) is 22.3 Å². The minimum absolute atomic E-state index is 0.0396. The highest BCUT2D eigenvalue weighted by Gasteiger charge is 2.71. The molecule has 1 fully saturated rings. The van der Waals surface area contributed by atoms with Crippen molar-refractivity contribution in [2.75, 3.05) is 5.73 Å². The molecule has 54 heavy (non-hydrogen) atoms. The summed E-state index contributed by atoms with van der Waals surface area (Å²) in [6.45, 7) is 2.46. The summed E-state index contributed by atoms with van der Waals surface area (Å²) in [6, 6.07) is 8.07. The highest BCUT2D eigenvalue weighted by atomic mass is 35.5. The number of rotatable bonds is 8. The zero-order valence-electron chi connectivity index (χ0n) is 28.2. The van der Waals surface area contributed by atoms with Gasteiger partial charge in [-0.25, -0.2) is 18.7 Å². The minimum atomic E-state index is -5.09. The molecule has 2 aliphatic rings. The average Bonchev–Trinajstić information content (AvgIpc) is 3.42. The molecular weight excluding hydrogens is 743 g/mol. The summed E-state index contributed by atoms with van der Waals surface area (Å²) in [6.07, 6.45) is -2.18. The first kappa shape index (κ1) is 35.3. The van der Waals surface area contributed by atoms with Crippen LogP contribution in [0.2, 0.25) is 5.02 Å². The number of aromatic nitrogens is 7. The van der Waals surface area contributed by atoms with Crippen molar-refractivity contribution in [1.82, 2.24) is 39.4 Å². The molecule has 278 valence electrons. The molecule has 0 saturated heterocycles.